The standard InChI is InChI=1S/C11H14O4/c1-3-15-11(13)10(12)8-6-4-5-7-9(8)14-2/h4-7,10,12H,3H2,1-2H3/t10-/m0/s1. The minimum absolute atomic E-state index is 0.241. The minimum Gasteiger partial charge on any atom is -0.496 e. The van der Waals surface area contributed by atoms with E-state index in [2.05, 4.69) is 0 Å². The van der Waals surface area contributed by atoms with E-state index in [0.29, 0.717) is 11.3 Å². The van der Waals surface area contributed by atoms with Gasteiger partial charge in [0.15, 0.2) is 6.10 Å². The summed E-state index contributed by atoms with van der Waals surface area (Å²) in [6, 6.07) is 6.79. The van der Waals surface area contributed by atoms with E-state index >= 15 is 0 Å². The minimum atomic E-state index is -1.29. The van der Waals surface area contributed by atoms with E-state index in [0.717, 1.165) is 0 Å². The highest BCUT2D eigenvalue weighted by atomic mass is 16.5. The van der Waals surface area contributed by atoms with Gasteiger partial charge >= 0.3 is 5.97 Å². The Morgan fingerprint density at radius 1 is 1.47 bits per heavy atom. The molecule has 0 spiro atoms. The third kappa shape index (κ3) is 2.70. The quantitative estimate of drug-likeness (QED) is 0.761. The predicted octanol–water partition coefficient (Wildman–Crippen LogP) is 1.29. The first-order chi connectivity index (χ1) is 7.20. The second-order valence-corrected chi connectivity index (χ2v) is 2.90. The fourth-order valence-corrected chi connectivity index (χ4v) is 1.24. The summed E-state index contributed by atoms with van der Waals surface area (Å²) < 4.78 is 9.74. The molecule has 15 heavy (non-hydrogen) atoms. The first-order valence-corrected chi connectivity index (χ1v) is 4.68. The van der Waals surface area contributed by atoms with Crippen molar-refractivity contribution in [1.82, 2.24) is 0 Å². The molecule has 0 unspecified atom stereocenters. The number of benzene rings is 1. The zero-order valence-corrected chi connectivity index (χ0v) is 8.77. The third-order valence-electron chi connectivity index (χ3n) is 1.94. The van der Waals surface area contributed by atoms with Crippen LogP contribution in [0, 0.1) is 0 Å². The Bertz CT molecular complexity index is 335. The number of aliphatic hydroxyl groups excluding tert-OH is 1. The van der Waals surface area contributed by atoms with Gasteiger partial charge in [0, 0.05) is 5.56 Å². The molecule has 0 radical (unpaired) electrons. The van der Waals surface area contributed by atoms with E-state index in [-0.39, 0.29) is 6.61 Å². The molecule has 1 atom stereocenters. The predicted molar refractivity (Wildman–Crippen MR) is 54.6 cm³/mol. The van der Waals surface area contributed by atoms with Crippen LogP contribution in [0.2, 0.25) is 0 Å². The van der Waals surface area contributed by atoms with E-state index in [1.165, 1.54) is 7.11 Å². The normalized spacial score (nSPS) is 11.9. The maximum Gasteiger partial charge on any atom is 0.339 e. The Labute approximate surface area is 88.4 Å². The van der Waals surface area contributed by atoms with Crippen LogP contribution in [-0.4, -0.2) is 24.8 Å². The van der Waals surface area contributed by atoms with Gasteiger partial charge in [0.2, 0.25) is 0 Å². The van der Waals surface area contributed by atoms with E-state index < -0.39 is 12.1 Å². The second kappa shape index (κ2) is 5.36. The van der Waals surface area contributed by atoms with Gasteiger partial charge in [-0.25, -0.2) is 4.79 Å². The molecule has 82 valence electrons. The Morgan fingerprint density at radius 2 is 2.13 bits per heavy atom. The Kier molecular flexibility index (Phi) is 4.12. The molecule has 0 saturated heterocycles. The average molecular weight is 210 g/mol. The second-order valence-electron chi connectivity index (χ2n) is 2.90. The molecule has 1 N–H and O–H groups in total. The van der Waals surface area contributed by atoms with Crippen molar-refractivity contribution in [3.05, 3.63) is 29.8 Å². The van der Waals surface area contributed by atoms with Crippen LogP contribution in [-0.2, 0) is 9.53 Å². The molecule has 0 aliphatic rings. The molecular weight excluding hydrogens is 196 g/mol. The number of methoxy groups -OCH3 is 1. The molecule has 1 rings (SSSR count). The van der Waals surface area contributed by atoms with Crippen LogP contribution in [0.1, 0.15) is 18.6 Å². The molecule has 1 aromatic carbocycles. The van der Waals surface area contributed by atoms with Crippen molar-refractivity contribution in [2.24, 2.45) is 0 Å². The maximum absolute atomic E-state index is 11.3. The van der Waals surface area contributed by atoms with Crippen LogP contribution < -0.4 is 4.74 Å². The van der Waals surface area contributed by atoms with Crippen LogP contribution in [0.5, 0.6) is 5.75 Å². The number of hydrogen-bond acceptors (Lipinski definition) is 4. The SMILES string of the molecule is CCOC(=O)[C@@H](O)c1ccccc1OC. The summed E-state index contributed by atoms with van der Waals surface area (Å²) in [5, 5.41) is 9.68. The Balaban J connectivity index is 2.89. The van der Waals surface area contributed by atoms with Crippen molar-refractivity contribution in [2.75, 3.05) is 13.7 Å². The van der Waals surface area contributed by atoms with Crippen LogP contribution >= 0.6 is 0 Å². The molecule has 0 saturated carbocycles. The summed E-state index contributed by atoms with van der Waals surface area (Å²) in [6.07, 6.45) is -1.29. The van der Waals surface area contributed by atoms with Gasteiger partial charge in [0.1, 0.15) is 5.75 Å². The van der Waals surface area contributed by atoms with Crippen LogP contribution in [0.4, 0.5) is 0 Å². The lowest BCUT2D eigenvalue weighted by molar-refractivity contribution is -0.153. The van der Waals surface area contributed by atoms with Gasteiger partial charge in [-0.2, -0.15) is 0 Å². The lowest BCUT2D eigenvalue weighted by Crippen LogP contribution is -2.16. The maximum atomic E-state index is 11.3. The number of hydrogen-bond donors (Lipinski definition) is 1. The fraction of sp³-hybridized carbons (Fsp3) is 0.364. The molecule has 0 aliphatic carbocycles. The molecule has 0 aromatic heterocycles. The summed E-state index contributed by atoms with van der Waals surface area (Å²) in [7, 11) is 1.48. The summed E-state index contributed by atoms with van der Waals surface area (Å²) in [5.74, 6) is -0.194. The number of para-hydroxylation sites is 1. The van der Waals surface area contributed by atoms with Gasteiger partial charge in [-0.1, -0.05) is 18.2 Å². The molecule has 4 nitrogen and oxygen atoms in total. The van der Waals surface area contributed by atoms with E-state index in [1.807, 2.05) is 0 Å². The molecule has 0 heterocycles. The van der Waals surface area contributed by atoms with Gasteiger partial charge in [-0.3, -0.25) is 0 Å². The number of carbonyl (C=O) groups is 1. The summed E-state index contributed by atoms with van der Waals surface area (Å²) >= 11 is 0. The summed E-state index contributed by atoms with van der Waals surface area (Å²) in [6.45, 7) is 1.93. The summed E-state index contributed by atoms with van der Waals surface area (Å²) in [4.78, 5) is 11.3. The Morgan fingerprint density at radius 3 is 2.73 bits per heavy atom. The van der Waals surface area contributed by atoms with Crippen LogP contribution in [0.25, 0.3) is 0 Å². The molecule has 0 fully saturated rings. The van der Waals surface area contributed by atoms with Crippen molar-refractivity contribution in [1.29, 1.82) is 0 Å². The third-order valence-corrected chi connectivity index (χ3v) is 1.94. The molecule has 1 aromatic rings. The van der Waals surface area contributed by atoms with Gasteiger partial charge in [-0.15, -0.1) is 0 Å². The van der Waals surface area contributed by atoms with E-state index in [4.69, 9.17) is 9.47 Å². The van der Waals surface area contributed by atoms with Gasteiger partial charge in [0.25, 0.3) is 0 Å². The molecule has 0 amide bonds. The van der Waals surface area contributed by atoms with Crippen molar-refractivity contribution in [3.8, 4) is 5.75 Å². The smallest absolute Gasteiger partial charge is 0.339 e. The number of esters is 1. The highest BCUT2D eigenvalue weighted by molar-refractivity contribution is 5.77. The zero-order valence-electron chi connectivity index (χ0n) is 8.77. The van der Waals surface area contributed by atoms with Crippen LogP contribution in [0.15, 0.2) is 24.3 Å². The summed E-state index contributed by atoms with van der Waals surface area (Å²) in [5.41, 5.74) is 0.415. The first kappa shape index (κ1) is 11.5. The average Bonchev–Trinajstić information content (AvgIpc) is 2.28. The van der Waals surface area contributed by atoms with Crippen molar-refractivity contribution in [3.63, 3.8) is 0 Å². The zero-order chi connectivity index (χ0) is 11.3. The molecular formula is C11H14O4. The van der Waals surface area contributed by atoms with Gasteiger partial charge in [-0.05, 0) is 13.0 Å². The highest BCUT2D eigenvalue weighted by Gasteiger charge is 2.21. The van der Waals surface area contributed by atoms with E-state index in [1.54, 1.807) is 31.2 Å². The number of ether oxygens (including phenoxy) is 2. The molecule has 0 bridgehead atoms. The van der Waals surface area contributed by atoms with Crippen molar-refractivity contribution < 1.29 is 19.4 Å². The largest absolute Gasteiger partial charge is 0.496 e. The number of rotatable bonds is 4. The topological polar surface area (TPSA) is 55.8 Å². The monoisotopic (exact) mass is 210 g/mol. The lowest BCUT2D eigenvalue weighted by Gasteiger charge is -2.13. The Hall–Kier alpha value is -1.55. The first-order valence-electron chi connectivity index (χ1n) is 4.68. The highest BCUT2D eigenvalue weighted by Crippen LogP contribution is 2.25. The lowest BCUT2D eigenvalue weighted by atomic mass is 10.1. The molecule has 4 heteroatoms. The number of carbonyl (C=O) groups excluding carboxylic acids is 1. The fourth-order valence-electron chi connectivity index (χ4n) is 1.24. The van der Waals surface area contributed by atoms with Crippen LogP contribution in [0.3, 0.4) is 0 Å². The van der Waals surface area contributed by atoms with Crippen molar-refractivity contribution >= 4 is 5.97 Å². The van der Waals surface area contributed by atoms with Crippen molar-refractivity contribution in [2.45, 2.75) is 13.0 Å². The molecule has 0 aliphatic heterocycles. The number of aliphatic hydroxyl groups is 1. The van der Waals surface area contributed by atoms with Gasteiger partial charge < -0.3 is 14.6 Å². The van der Waals surface area contributed by atoms with E-state index in [9.17, 15) is 9.90 Å². The van der Waals surface area contributed by atoms with Gasteiger partial charge in [0.05, 0.1) is 13.7 Å².